The van der Waals surface area contributed by atoms with E-state index in [9.17, 15) is 18.0 Å². The molecule has 4 heterocycles. The molecule has 202 valence electrons. The third-order valence-electron chi connectivity index (χ3n) is 7.13. The Labute approximate surface area is 228 Å². The van der Waals surface area contributed by atoms with Crippen LogP contribution in [0.3, 0.4) is 0 Å². The van der Waals surface area contributed by atoms with Gasteiger partial charge in [0.05, 0.1) is 16.3 Å². The number of rotatable bonds is 3. The number of carbonyl (C=O) groups is 1. The van der Waals surface area contributed by atoms with Crippen molar-refractivity contribution in [2.24, 2.45) is 5.16 Å². The van der Waals surface area contributed by atoms with Crippen molar-refractivity contribution in [2.75, 3.05) is 49.5 Å². The SMILES string of the molecule is O=C(C1=NOC2(CCN(C(=S)Nc3ccccc3C(F)(F)F)CC2)C1)N1CCN(c2ncccc2Cl)CC1. The van der Waals surface area contributed by atoms with Crippen molar-refractivity contribution in [3.8, 4) is 0 Å². The molecule has 2 saturated heterocycles. The number of piperidine rings is 1. The Bertz CT molecular complexity index is 1240. The van der Waals surface area contributed by atoms with Gasteiger partial charge in [0.2, 0.25) is 0 Å². The number of thiocarbonyl (C=S) groups is 1. The Morgan fingerprint density at radius 3 is 2.42 bits per heavy atom. The summed E-state index contributed by atoms with van der Waals surface area (Å²) < 4.78 is 40.0. The fraction of sp³-hybridized carbons (Fsp3) is 0.440. The van der Waals surface area contributed by atoms with Gasteiger partial charge in [-0.15, -0.1) is 0 Å². The Balaban J connectivity index is 1.12. The maximum atomic E-state index is 13.3. The summed E-state index contributed by atoms with van der Waals surface area (Å²) in [6, 6.07) is 8.82. The summed E-state index contributed by atoms with van der Waals surface area (Å²) >= 11 is 11.7. The molecule has 1 aromatic carbocycles. The maximum Gasteiger partial charge on any atom is 0.418 e. The number of alkyl halides is 3. The van der Waals surface area contributed by atoms with Gasteiger partial charge in [0.15, 0.2) is 5.11 Å². The number of pyridine rings is 1. The van der Waals surface area contributed by atoms with E-state index < -0.39 is 17.3 Å². The van der Waals surface area contributed by atoms with Crippen LogP contribution in [0.15, 0.2) is 47.8 Å². The first-order chi connectivity index (χ1) is 18.2. The zero-order chi connectivity index (χ0) is 26.9. The van der Waals surface area contributed by atoms with Crippen LogP contribution in [-0.2, 0) is 15.8 Å². The summed E-state index contributed by atoms with van der Waals surface area (Å²) in [4.78, 5) is 28.9. The number of benzene rings is 1. The number of carbonyl (C=O) groups excluding carboxylic acids is 1. The number of oxime groups is 1. The molecule has 8 nitrogen and oxygen atoms in total. The topological polar surface area (TPSA) is 73.3 Å². The highest BCUT2D eigenvalue weighted by Crippen LogP contribution is 2.37. The predicted molar refractivity (Wildman–Crippen MR) is 142 cm³/mol. The fourth-order valence-electron chi connectivity index (χ4n) is 4.97. The van der Waals surface area contributed by atoms with Gasteiger partial charge >= 0.3 is 6.18 Å². The Hall–Kier alpha value is -3.12. The van der Waals surface area contributed by atoms with Crippen molar-refractivity contribution in [2.45, 2.75) is 31.0 Å². The number of piperazine rings is 1. The predicted octanol–water partition coefficient (Wildman–Crippen LogP) is 4.41. The van der Waals surface area contributed by atoms with E-state index in [0.29, 0.717) is 75.1 Å². The second-order valence-corrected chi connectivity index (χ2v) is 10.3. The maximum absolute atomic E-state index is 13.3. The van der Waals surface area contributed by atoms with Gasteiger partial charge in [-0.3, -0.25) is 4.79 Å². The highest BCUT2D eigenvalue weighted by atomic mass is 35.5. The Morgan fingerprint density at radius 2 is 1.74 bits per heavy atom. The van der Waals surface area contributed by atoms with E-state index in [2.05, 4.69) is 20.4 Å². The van der Waals surface area contributed by atoms with Gasteiger partial charge in [-0.25, -0.2) is 4.98 Å². The molecule has 1 N–H and O–H groups in total. The molecule has 0 radical (unpaired) electrons. The van der Waals surface area contributed by atoms with E-state index in [0.717, 1.165) is 6.07 Å². The summed E-state index contributed by atoms with van der Waals surface area (Å²) in [5.41, 5.74) is -1.06. The molecule has 1 spiro atoms. The molecule has 1 aromatic heterocycles. The Morgan fingerprint density at radius 1 is 1.03 bits per heavy atom. The summed E-state index contributed by atoms with van der Waals surface area (Å²) in [7, 11) is 0. The highest BCUT2D eigenvalue weighted by molar-refractivity contribution is 7.80. The number of halogens is 4. The molecule has 0 atom stereocenters. The molecule has 2 aromatic rings. The number of nitrogens with one attached hydrogen (secondary N) is 1. The van der Waals surface area contributed by atoms with Crippen LogP contribution in [0.1, 0.15) is 24.8 Å². The van der Waals surface area contributed by atoms with Crippen molar-refractivity contribution >= 4 is 52.1 Å². The lowest BCUT2D eigenvalue weighted by molar-refractivity contribution is -0.137. The molecule has 38 heavy (non-hydrogen) atoms. The van der Waals surface area contributed by atoms with Gasteiger partial charge in [0.1, 0.15) is 17.1 Å². The minimum Gasteiger partial charge on any atom is -0.388 e. The van der Waals surface area contributed by atoms with E-state index in [1.54, 1.807) is 23.2 Å². The zero-order valence-electron chi connectivity index (χ0n) is 20.4. The number of hydrogen-bond donors (Lipinski definition) is 1. The van der Waals surface area contributed by atoms with E-state index in [-0.39, 0.29) is 16.7 Å². The minimum atomic E-state index is -4.48. The average Bonchev–Trinajstić information content (AvgIpc) is 3.32. The molecule has 13 heteroatoms. The summed E-state index contributed by atoms with van der Waals surface area (Å²) in [5, 5.41) is 7.68. The molecule has 2 fully saturated rings. The van der Waals surface area contributed by atoms with E-state index >= 15 is 0 Å². The monoisotopic (exact) mass is 566 g/mol. The first kappa shape index (κ1) is 26.5. The molecule has 0 aliphatic carbocycles. The van der Waals surface area contributed by atoms with Crippen molar-refractivity contribution in [1.82, 2.24) is 14.8 Å². The number of nitrogens with zero attached hydrogens (tertiary/aromatic N) is 5. The van der Waals surface area contributed by atoms with Crippen LogP contribution in [0.2, 0.25) is 5.02 Å². The lowest BCUT2D eigenvalue weighted by atomic mass is 9.86. The third-order valence-corrected chi connectivity index (χ3v) is 7.78. The smallest absolute Gasteiger partial charge is 0.388 e. The third kappa shape index (κ3) is 5.51. The van der Waals surface area contributed by atoms with Gasteiger partial charge < -0.3 is 24.9 Å². The van der Waals surface area contributed by atoms with Gasteiger partial charge in [0.25, 0.3) is 5.91 Å². The zero-order valence-corrected chi connectivity index (χ0v) is 22.0. The number of para-hydroxylation sites is 1. The van der Waals surface area contributed by atoms with Crippen LogP contribution in [0, 0.1) is 0 Å². The van der Waals surface area contributed by atoms with Gasteiger partial charge in [-0.2, -0.15) is 13.2 Å². The second kappa shape index (κ2) is 10.6. The van der Waals surface area contributed by atoms with Crippen LogP contribution in [-0.4, -0.2) is 76.4 Å². The van der Waals surface area contributed by atoms with Crippen LogP contribution >= 0.6 is 23.8 Å². The van der Waals surface area contributed by atoms with Crippen molar-refractivity contribution < 1.29 is 22.8 Å². The molecular weight excluding hydrogens is 541 g/mol. The molecule has 3 aliphatic heterocycles. The number of likely N-dealkylation sites (tertiary alicyclic amines) is 1. The molecule has 0 bridgehead atoms. The number of anilines is 2. The first-order valence-electron chi connectivity index (χ1n) is 12.3. The number of aromatic nitrogens is 1. The van der Waals surface area contributed by atoms with Crippen LogP contribution in [0.25, 0.3) is 0 Å². The summed E-state index contributed by atoms with van der Waals surface area (Å²) in [6.45, 7) is 3.20. The number of hydrogen-bond acceptors (Lipinski definition) is 6. The lowest BCUT2D eigenvalue weighted by Gasteiger charge is -2.38. The van der Waals surface area contributed by atoms with E-state index in [4.69, 9.17) is 28.7 Å². The van der Waals surface area contributed by atoms with E-state index in [1.807, 2.05) is 4.90 Å². The first-order valence-corrected chi connectivity index (χ1v) is 13.1. The number of amides is 1. The normalized spacial score (nSPS) is 19.3. The molecule has 1 amide bonds. The summed E-state index contributed by atoms with van der Waals surface area (Å²) in [5.74, 6) is 0.569. The van der Waals surface area contributed by atoms with Crippen molar-refractivity contribution in [3.05, 3.63) is 53.2 Å². The Kier molecular flexibility index (Phi) is 7.36. The average molecular weight is 567 g/mol. The minimum absolute atomic E-state index is 0.0796. The molecule has 5 rings (SSSR count). The van der Waals surface area contributed by atoms with Gasteiger partial charge in [0, 0.05) is 64.7 Å². The molecule has 0 saturated carbocycles. The molecular formula is C25H26ClF3N6O2S. The summed E-state index contributed by atoms with van der Waals surface area (Å²) in [6.07, 6.45) is -1.31. The van der Waals surface area contributed by atoms with Gasteiger partial charge in [-0.05, 0) is 36.5 Å². The van der Waals surface area contributed by atoms with Crippen molar-refractivity contribution in [1.29, 1.82) is 0 Å². The van der Waals surface area contributed by atoms with Gasteiger partial charge in [-0.1, -0.05) is 28.9 Å². The van der Waals surface area contributed by atoms with E-state index in [1.165, 1.54) is 18.2 Å². The van der Waals surface area contributed by atoms with Crippen LogP contribution < -0.4 is 10.2 Å². The molecule has 0 unspecified atom stereocenters. The lowest BCUT2D eigenvalue weighted by Crippen LogP contribution is -2.52. The van der Waals surface area contributed by atoms with Crippen molar-refractivity contribution in [3.63, 3.8) is 0 Å². The largest absolute Gasteiger partial charge is 0.418 e. The fourth-order valence-corrected chi connectivity index (χ4v) is 5.50. The molecule has 3 aliphatic rings. The van der Waals surface area contributed by atoms with Crippen LogP contribution in [0.4, 0.5) is 24.7 Å². The second-order valence-electron chi connectivity index (χ2n) is 9.54. The standard InChI is InChI=1S/C25H26ClF3N6O2S/c26-18-5-3-9-30-21(18)33-12-14-34(15-13-33)22(36)20-16-24(37-32-20)7-10-35(11-8-24)23(38)31-19-6-2-1-4-17(19)25(27,28)29/h1-6,9H,7-8,10-16H2,(H,31,38). The van der Waals surface area contributed by atoms with Crippen LogP contribution in [0.5, 0.6) is 0 Å². The highest BCUT2D eigenvalue weighted by Gasteiger charge is 2.45. The quantitative estimate of drug-likeness (QED) is 0.552.